The lowest BCUT2D eigenvalue weighted by Gasteiger charge is -2.20. The summed E-state index contributed by atoms with van der Waals surface area (Å²) in [5.41, 5.74) is 2.21. The van der Waals surface area contributed by atoms with E-state index in [0.717, 1.165) is 5.69 Å². The maximum Gasteiger partial charge on any atom is 0.348 e. The van der Waals surface area contributed by atoms with Gasteiger partial charge in [-0.25, -0.2) is 4.79 Å². The van der Waals surface area contributed by atoms with Gasteiger partial charge in [0, 0.05) is 24.0 Å². The average Bonchev–Trinajstić information content (AvgIpc) is 3.31. The molecule has 0 aliphatic heterocycles. The number of methoxy groups -OCH3 is 1. The monoisotopic (exact) mass is 369 g/mol. The topological polar surface area (TPSA) is 64.4 Å². The van der Waals surface area contributed by atoms with Gasteiger partial charge in [-0.3, -0.25) is 9.48 Å². The third-order valence-corrected chi connectivity index (χ3v) is 4.83. The lowest BCUT2D eigenvalue weighted by Crippen LogP contribution is -2.33. The number of likely N-dealkylation sites (N-methyl/N-ethyl adjacent to an activating group) is 1. The highest BCUT2D eigenvalue weighted by Gasteiger charge is 2.18. The molecule has 0 aliphatic carbocycles. The van der Waals surface area contributed by atoms with E-state index in [1.165, 1.54) is 18.4 Å². The summed E-state index contributed by atoms with van der Waals surface area (Å²) in [6, 6.07) is 13.2. The van der Waals surface area contributed by atoms with Gasteiger partial charge in [0.1, 0.15) is 11.4 Å². The summed E-state index contributed by atoms with van der Waals surface area (Å²) < 4.78 is 6.38. The second kappa shape index (κ2) is 7.97. The van der Waals surface area contributed by atoms with Crippen LogP contribution in [0.3, 0.4) is 0 Å². The molecule has 0 saturated heterocycles. The number of anilines is 1. The van der Waals surface area contributed by atoms with E-state index in [2.05, 4.69) is 5.10 Å². The molecular formula is C19H19N3O3S. The van der Waals surface area contributed by atoms with E-state index < -0.39 is 0 Å². The Labute approximate surface area is 155 Å². The molecule has 26 heavy (non-hydrogen) atoms. The molecule has 0 fully saturated rings. The van der Waals surface area contributed by atoms with Gasteiger partial charge in [0.05, 0.1) is 12.8 Å². The number of esters is 1. The van der Waals surface area contributed by atoms with Crippen molar-refractivity contribution < 1.29 is 14.3 Å². The lowest BCUT2D eigenvalue weighted by atomic mass is 10.2. The van der Waals surface area contributed by atoms with Crippen molar-refractivity contribution in [1.82, 2.24) is 9.78 Å². The van der Waals surface area contributed by atoms with E-state index in [1.807, 2.05) is 48.7 Å². The summed E-state index contributed by atoms with van der Waals surface area (Å²) in [7, 11) is 1.35. The summed E-state index contributed by atoms with van der Waals surface area (Å²) in [6.45, 7) is 2.64. The number of hydrogen-bond acceptors (Lipinski definition) is 5. The Bertz CT molecular complexity index is 902. The maximum atomic E-state index is 12.7. The second-order valence-electron chi connectivity index (χ2n) is 5.53. The fraction of sp³-hybridized carbons (Fsp3) is 0.211. The Morgan fingerprint density at radius 1 is 1.19 bits per heavy atom. The fourth-order valence-electron chi connectivity index (χ4n) is 2.69. The van der Waals surface area contributed by atoms with Crippen LogP contribution in [0.15, 0.2) is 54.0 Å². The van der Waals surface area contributed by atoms with E-state index >= 15 is 0 Å². The molecule has 7 heteroatoms. The molecule has 0 N–H and O–H groups in total. The zero-order valence-corrected chi connectivity index (χ0v) is 15.4. The van der Waals surface area contributed by atoms with Crippen LogP contribution in [0.25, 0.3) is 11.3 Å². The number of benzene rings is 1. The van der Waals surface area contributed by atoms with Gasteiger partial charge in [-0.15, -0.1) is 11.3 Å². The number of thiophene rings is 1. The standard InChI is InChI=1S/C19H19N3O3S/c1-3-22(14-7-5-4-6-8-14)17(23)13-21-11-9-16(20-21)15-10-12-26-18(15)19(24)25-2/h4-12H,3,13H2,1-2H3. The second-order valence-corrected chi connectivity index (χ2v) is 6.44. The minimum absolute atomic E-state index is 0.0492. The van der Waals surface area contributed by atoms with Crippen LogP contribution in [0.4, 0.5) is 5.69 Å². The number of ether oxygens (including phenoxy) is 1. The lowest BCUT2D eigenvalue weighted by molar-refractivity contribution is -0.119. The summed E-state index contributed by atoms with van der Waals surface area (Å²) in [6.07, 6.45) is 1.74. The Kier molecular flexibility index (Phi) is 5.48. The molecule has 0 atom stereocenters. The van der Waals surface area contributed by atoms with Crippen molar-refractivity contribution in [3.05, 3.63) is 58.9 Å². The molecule has 0 bridgehead atoms. The number of amides is 1. The quantitative estimate of drug-likeness (QED) is 0.624. The van der Waals surface area contributed by atoms with Gasteiger partial charge in [-0.2, -0.15) is 5.10 Å². The van der Waals surface area contributed by atoms with Crippen LogP contribution in [0.2, 0.25) is 0 Å². The van der Waals surface area contributed by atoms with E-state index in [4.69, 9.17) is 4.74 Å². The average molecular weight is 369 g/mol. The number of carbonyl (C=O) groups excluding carboxylic acids is 2. The molecule has 6 nitrogen and oxygen atoms in total. The molecule has 3 rings (SSSR count). The summed E-state index contributed by atoms with van der Waals surface area (Å²) in [5.74, 6) is -0.436. The number of nitrogens with zero attached hydrogens (tertiary/aromatic N) is 3. The number of para-hydroxylation sites is 1. The molecule has 0 radical (unpaired) electrons. The van der Waals surface area contributed by atoms with Crippen LogP contribution in [0, 0.1) is 0 Å². The number of hydrogen-bond donors (Lipinski definition) is 0. The van der Waals surface area contributed by atoms with Crippen LogP contribution in [-0.4, -0.2) is 35.3 Å². The van der Waals surface area contributed by atoms with Crippen LogP contribution in [-0.2, 0) is 16.1 Å². The van der Waals surface area contributed by atoms with Gasteiger partial charge in [0.15, 0.2) is 0 Å². The third kappa shape index (κ3) is 3.67. The summed E-state index contributed by atoms with van der Waals surface area (Å²) >= 11 is 1.31. The maximum absolute atomic E-state index is 12.7. The zero-order valence-electron chi connectivity index (χ0n) is 14.6. The first kappa shape index (κ1) is 17.9. The summed E-state index contributed by atoms with van der Waals surface area (Å²) in [5, 5.41) is 6.27. The third-order valence-electron chi connectivity index (χ3n) is 3.94. The number of aromatic nitrogens is 2. The molecule has 0 saturated carbocycles. The Balaban J connectivity index is 1.77. The zero-order chi connectivity index (χ0) is 18.5. The first-order valence-electron chi connectivity index (χ1n) is 8.19. The number of carbonyl (C=O) groups is 2. The van der Waals surface area contributed by atoms with Crippen molar-refractivity contribution >= 4 is 28.9 Å². The highest BCUT2D eigenvalue weighted by atomic mass is 32.1. The van der Waals surface area contributed by atoms with Gasteiger partial charge >= 0.3 is 5.97 Å². The molecule has 1 amide bonds. The van der Waals surface area contributed by atoms with Crippen LogP contribution in [0.5, 0.6) is 0 Å². The van der Waals surface area contributed by atoms with E-state index in [-0.39, 0.29) is 18.4 Å². The SMILES string of the molecule is CCN(C(=O)Cn1ccc(-c2ccsc2C(=O)OC)n1)c1ccccc1. The van der Waals surface area contributed by atoms with Gasteiger partial charge in [0.2, 0.25) is 5.91 Å². The number of rotatable bonds is 6. The Hall–Kier alpha value is -2.93. The fourth-order valence-corrected chi connectivity index (χ4v) is 3.51. The van der Waals surface area contributed by atoms with Gasteiger partial charge in [-0.05, 0) is 36.6 Å². The van der Waals surface area contributed by atoms with Crippen LogP contribution < -0.4 is 4.90 Å². The first-order valence-corrected chi connectivity index (χ1v) is 9.07. The molecule has 0 unspecified atom stereocenters. The van der Waals surface area contributed by atoms with Crippen molar-refractivity contribution in [2.24, 2.45) is 0 Å². The van der Waals surface area contributed by atoms with Gasteiger partial charge in [-0.1, -0.05) is 18.2 Å². The molecule has 2 heterocycles. The Morgan fingerprint density at radius 3 is 2.65 bits per heavy atom. The molecule has 2 aromatic heterocycles. The highest BCUT2D eigenvalue weighted by molar-refractivity contribution is 7.12. The van der Waals surface area contributed by atoms with Gasteiger partial charge < -0.3 is 9.64 Å². The molecule has 3 aromatic rings. The highest BCUT2D eigenvalue weighted by Crippen LogP contribution is 2.27. The predicted octanol–water partition coefficient (Wildman–Crippen LogP) is 3.45. The summed E-state index contributed by atoms with van der Waals surface area (Å²) in [4.78, 5) is 26.7. The minimum Gasteiger partial charge on any atom is -0.465 e. The van der Waals surface area contributed by atoms with E-state index in [9.17, 15) is 9.59 Å². The normalized spacial score (nSPS) is 10.5. The molecule has 1 aromatic carbocycles. The molecule has 134 valence electrons. The molecule has 0 spiro atoms. The molecular weight excluding hydrogens is 350 g/mol. The molecule has 0 aliphatic rings. The minimum atomic E-state index is -0.387. The Morgan fingerprint density at radius 2 is 1.96 bits per heavy atom. The van der Waals surface area contributed by atoms with Crippen molar-refractivity contribution in [2.75, 3.05) is 18.6 Å². The van der Waals surface area contributed by atoms with E-state index in [1.54, 1.807) is 21.8 Å². The first-order chi connectivity index (χ1) is 12.6. The van der Waals surface area contributed by atoms with Crippen molar-refractivity contribution in [3.8, 4) is 11.3 Å². The smallest absolute Gasteiger partial charge is 0.348 e. The predicted molar refractivity (Wildman–Crippen MR) is 101 cm³/mol. The van der Waals surface area contributed by atoms with Crippen molar-refractivity contribution in [2.45, 2.75) is 13.5 Å². The van der Waals surface area contributed by atoms with Crippen molar-refractivity contribution in [1.29, 1.82) is 0 Å². The van der Waals surface area contributed by atoms with Crippen LogP contribution in [0.1, 0.15) is 16.6 Å². The van der Waals surface area contributed by atoms with Crippen LogP contribution >= 0.6 is 11.3 Å². The van der Waals surface area contributed by atoms with E-state index in [0.29, 0.717) is 22.7 Å². The van der Waals surface area contributed by atoms with Gasteiger partial charge in [0.25, 0.3) is 0 Å². The van der Waals surface area contributed by atoms with Crippen molar-refractivity contribution in [3.63, 3.8) is 0 Å². The largest absolute Gasteiger partial charge is 0.465 e.